The molecule has 0 fully saturated rings. The fourth-order valence-electron chi connectivity index (χ4n) is 1.20. The smallest absolute Gasteiger partial charge is 0.123 e. The maximum absolute atomic E-state index is 5.41. The number of hydrogen-bond donors (Lipinski definition) is 0. The second kappa shape index (κ2) is 4.75. The first kappa shape index (κ1) is 9.90. The lowest BCUT2D eigenvalue weighted by Gasteiger charge is -2.08. The molecule has 0 aliphatic carbocycles. The summed E-state index contributed by atoms with van der Waals surface area (Å²) in [5.74, 6) is 1.75. The van der Waals surface area contributed by atoms with Crippen molar-refractivity contribution < 1.29 is 9.47 Å². The predicted octanol–water partition coefficient (Wildman–Crippen LogP) is 2.66. The summed E-state index contributed by atoms with van der Waals surface area (Å²) in [5, 5.41) is 0. The molecule has 0 atom stereocenters. The maximum Gasteiger partial charge on any atom is 0.123 e. The van der Waals surface area contributed by atoms with Crippen LogP contribution in [0.5, 0.6) is 11.5 Å². The minimum atomic E-state index is 0.691. The molecule has 1 aromatic carbocycles. The van der Waals surface area contributed by atoms with Crippen LogP contribution in [0.3, 0.4) is 0 Å². The van der Waals surface area contributed by atoms with E-state index in [2.05, 4.69) is 6.92 Å². The molecule has 0 bridgehead atoms. The highest BCUT2D eigenvalue weighted by atomic mass is 16.5. The van der Waals surface area contributed by atoms with Crippen LogP contribution >= 0.6 is 0 Å². The highest BCUT2D eigenvalue weighted by molar-refractivity contribution is 5.38. The van der Waals surface area contributed by atoms with Gasteiger partial charge in [-0.1, -0.05) is 6.92 Å². The first-order chi connectivity index (χ1) is 6.30. The Kier molecular flexibility index (Phi) is 3.62. The van der Waals surface area contributed by atoms with Crippen molar-refractivity contribution >= 4 is 0 Å². The van der Waals surface area contributed by atoms with E-state index in [1.807, 2.05) is 25.1 Å². The number of rotatable bonds is 4. The van der Waals surface area contributed by atoms with E-state index in [0.717, 1.165) is 17.9 Å². The summed E-state index contributed by atoms with van der Waals surface area (Å²) in [7, 11) is 1.67. The summed E-state index contributed by atoms with van der Waals surface area (Å²) >= 11 is 0. The second-order valence-corrected chi connectivity index (χ2v) is 2.80. The first-order valence-corrected chi connectivity index (χ1v) is 4.60. The molecule has 0 saturated heterocycles. The number of aryl methyl sites for hydroxylation is 1. The number of ether oxygens (including phenoxy) is 2. The van der Waals surface area contributed by atoms with Crippen molar-refractivity contribution in [3.63, 3.8) is 0 Å². The molecule has 0 unspecified atom stereocenters. The largest absolute Gasteiger partial charge is 0.497 e. The van der Waals surface area contributed by atoms with Crippen LogP contribution in [0.2, 0.25) is 0 Å². The molecule has 0 spiro atoms. The molecule has 0 radical (unpaired) electrons. The van der Waals surface area contributed by atoms with Gasteiger partial charge in [-0.15, -0.1) is 0 Å². The standard InChI is InChI=1S/C11H16O2/c1-4-9-6-10(12-3)8-11(7-9)13-5-2/h6-8H,4-5H2,1-3H3. The zero-order valence-electron chi connectivity index (χ0n) is 8.46. The first-order valence-electron chi connectivity index (χ1n) is 4.60. The van der Waals surface area contributed by atoms with Crippen molar-refractivity contribution in [2.75, 3.05) is 13.7 Å². The highest BCUT2D eigenvalue weighted by Gasteiger charge is 1.99. The van der Waals surface area contributed by atoms with Crippen LogP contribution in [-0.2, 0) is 6.42 Å². The lowest BCUT2D eigenvalue weighted by Crippen LogP contribution is -1.94. The third-order valence-electron chi connectivity index (χ3n) is 1.89. The molecule has 1 aromatic rings. The Morgan fingerprint density at radius 3 is 2.31 bits per heavy atom. The van der Waals surface area contributed by atoms with Gasteiger partial charge >= 0.3 is 0 Å². The van der Waals surface area contributed by atoms with Crippen LogP contribution in [0.4, 0.5) is 0 Å². The van der Waals surface area contributed by atoms with E-state index in [1.54, 1.807) is 7.11 Å². The zero-order valence-corrected chi connectivity index (χ0v) is 8.46. The summed E-state index contributed by atoms with van der Waals surface area (Å²) < 4.78 is 10.6. The lowest BCUT2D eigenvalue weighted by atomic mass is 10.1. The Morgan fingerprint density at radius 1 is 1.08 bits per heavy atom. The fourth-order valence-corrected chi connectivity index (χ4v) is 1.20. The molecule has 0 saturated carbocycles. The van der Waals surface area contributed by atoms with E-state index in [0.29, 0.717) is 6.61 Å². The summed E-state index contributed by atoms with van der Waals surface area (Å²) in [5.41, 5.74) is 1.24. The lowest BCUT2D eigenvalue weighted by molar-refractivity contribution is 0.335. The van der Waals surface area contributed by atoms with Crippen LogP contribution in [0.1, 0.15) is 19.4 Å². The molecule has 13 heavy (non-hydrogen) atoms. The Labute approximate surface area is 79.5 Å². The van der Waals surface area contributed by atoms with Gasteiger partial charge in [-0.05, 0) is 31.0 Å². The van der Waals surface area contributed by atoms with Crippen LogP contribution < -0.4 is 9.47 Å². The van der Waals surface area contributed by atoms with Crippen molar-refractivity contribution in [3.05, 3.63) is 23.8 Å². The van der Waals surface area contributed by atoms with Gasteiger partial charge in [0.2, 0.25) is 0 Å². The summed E-state index contributed by atoms with van der Waals surface area (Å²) in [6.45, 7) is 4.78. The Morgan fingerprint density at radius 2 is 1.77 bits per heavy atom. The third-order valence-corrected chi connectivity index (χ3v) is 1.89. The van der Waals surface area contributed by atoms with E-state index in [-0.39, 0.29) is 0 Å². The molecule has 0 amide bonds. The quantitative estimate of drug-likeness (QED) is 0.709. The monoisotopic (exact) mass is 180 g/mol. The van der Waals surface area contributed by atoms with Gasteiger partial charge in [0.15, 0.2) is 0 Å². The SMILES string of the molecule is CCOc1cc(CC)cc(OC)c1. The van der Waals surface area contributed by atoms with E-state index in [1.165, 1.54) is 5.56 Å². The second-order valence-electron chi connectivity index (χ2n) is 2.80. The maximum atomic E-state index is 5.41. The number of methoxy groups -OCH3 is 1. The molecular weight excluding hydrogens is 164 g/mol. The van der Waals surface area contributed by atoms with E-state index in [9.17, 15) is 0 Å². The van der Waals surface area contributed by atoms with Crippen LogP contribution in [0.15, 0.2) is 18.2 Å². The zero-order chi connectivity index (χ0) is 9.68. The molecular formula is C11H16O2. The molecule has 0 aromatic heterocycles. The minimum absolute atomic E-state index is 0.691. The van der Waals surface area contributed by atoms with Crippen molar-refractivity contribution in [3.8, 4) is 11.5 Å². The topological polar surface area (TPSA) is 18.5 Å². The van der Waals surface area contributed by atoms with Gasteiger partial charge < -0.3 is 9.47 Å². The van der Waals surface area contributed by atoms with Crippen LogP contribution in [0.25, 0.3) is 0 Å². The highest BCUT2D eigenvalue weighted by Crippen LogP contribution is 2.22. The average Bonchev–Trinajstić information content (AvgIpc) is 2.17. The van der Waals surface area contributed by atoms with E-state index >= 15 is 0 Å². The van der Waals surface area contributed by atoms with Crippen LogP contribution in [-0.4, -0.2) is 13.7 Å². The Bertz CT molecular complexity index is 247. The molecule has 0 N–H and O–H groups in total. The number of benzene rings is 1. The van der Waals surface area contributed by atoms with Gasteiger partial charge in [-0.3, -0.25) is 0 Å². The molecule has 72 valence electrons. The normalized spacial score (nSPS) is 9.77. The number of hydrogen-bond acceptors (Lipinski definition) is 2. The third kappa shape index (κ3) is 2.65. The molecule has 1 rings (SSSR count). The molecule has 0 heterocycles. The molecule has 0 aliphatic heterocycles. The molecule has 0 aliphatic rings. The van der Waals surface area contributed by atoms with Gasteiger partial charge in [-0.25, -0.2) is 0 Å². The van der Waals surface area contributed by atoms with Gasteiger partial charge in [0, 0.05) is 6.07 Å². The van der Waals surface area contributed by atoms with Gasteiger partial charge in [0.05, 0.1) is 13.7 Å². The van der Waals surface area contributed by atoms with Crippen molar-refractivity contribution in [1.82, 2.24) is 0 Å². The predicted molar refractivity (Wildman–Crippen MR) is 53.5 cm³/mol. The van der Waals surface area contributed by atoms with Gasteiger partial charge in [-0.2, -0.15) is 0 Å². The summed E-state index contributed by atoms with van der Waals surface area (Å²) in [6, 6.07) is 5.98. The Balaban J connectivity index is 2.93. The van der Waals surface area contributed by atoms with Crippen molar-refractivity contribution in [1.29, 1.82) is 0 Å². The van der Waals surface area contributed by atoms with Crippen molar-refractivity contribution in [2.45, 2.75) is 20.3 Å². The fraction of sp³-hybridized carbons (Fsp3) is 0.455. The Hall–Kier alpha value is -1.18. The molecule has 2 heteroatoms. The average molecular weight is 180 g/mol. The van der Waals surface area contributed by atoms with Gasteiger partial charge in [0.1, 0.15) is 11.5 Å². The summed E-state index contributed by atoms with van der Waals surface area (Å²) in [6.07, 6.45) is 0.997. The van der Waals surface area contributed by atoms with Crippen molar-refractivity contribution in [2.24, 2.45) is 0 Å². The van der Waals surface area contributed by atoms with Gasteiger partial charge in [0.25, 0.3) is 0 Å². The van der Waals surface area contributed by atoms with E-state index in [4.69, 9.17) is 9.47 Å². The molecule has 2 nitrogen and oxygen atoms in total. The summed E-state index contributed by atoms with van der Waals surface area (Å²) in [4.78, 5) is 0. The minimum Gasteiger partial charge on any atom is -0.497 e. The van der Waals surface area contributed by atoms with Crippen LogP contribution in [0, 0.1) is 0 Å². The van der Waals surface area contributed by atoms with E-state index < -0.39 is 0 Å².